The highest BCUT2D eigenvalue weighted by Crippen LogP contribution is 2.23. The Morgan fingerprint density at radius 1 is 1.05 bits per heavy atom. The number of carbonyl (C=O) groups excluding carboxylic acids is 1. The van der Waals surface area contributed by atoms with Crippen LogP contribution in [0.15, 0.2) is 35.4 Å². The molecule has 1 aromatic rings. The SMILES string of the molecule is C=c1cccc/c1=C(C)/C(CCCC(C)=O)=C(\C)CCC. The second kappa shape index (κ2) is 8.61. The van der Waals surface area contributed by atoms with Crippen LogP contribution in [0.2, 0.25) is 0 Å². The summed E-state index contributed by atoms with van der Waals surface area (Å²) >= 11 is 0. The van der Waals surface area contributed by atoms with Gasteiger partial charge >= 0.3 is 0 Å². The summed E-state index contributed by atoms with van der Waals surface area (Å²) in [5.41, 5.74) is 4.17. The van der Waals surface area contributed by atoms with Crippen LogP contribution in [0.1, 0.15) is 59.8 Å². The predicted octanol–water partition coefficient (Wildman–Crippen LogP) is 4.14. The molecule has 0 spiro atoms. The monoisotopic (exact) mass is 284 g/mol. The second-order valence-corrected chi connectivity index (χ2v) is 5.85. The maximum absolute atomic E-state index is 11.2. The van der Waals surface area contributed by atoms with Crippen molar-refractivity contribution in [1.82, 2.24) is 0 Å². The van der Waals surface area contributed by atoms with E-state index in [2.05, 4.69) is 45.5 Å². The van der Waals surface area contributed by atoms with E-state index in [-0.39, 0.29) is 5.78 Å². The van der Waals surface area contributed by atoms with Gasteiger partial charge in [-0.1, -0.05) is 49.8 Å². The van der Waals surface area contributed by atoms with Gasteiger partial charge in [-0.3, -0.25) is 0 Å². The number of carbonyl (C=O) groups is 1. The normalized spacial score (nSPS) is 13.7. The van der Waals surface area contributed by atoms with Crippen LogP contribution in [-0.4, -0.2) is 5.78 Å². The van der Waals surface area contributed by atoms with Crippen molar-refractivity contribution in [2.75, 3.05) is 0 Å². The Balaban J connectivity index is 3.22. The molecule has 1 heteroatoms. The van der Waals surface area contributed by atoms with Gasteiger partial charge in [-0.25, -0.2) is 0 Å². The van der Waals surface area contributed by atoms with Gasteiger partial charge in [-0.05, 0) is 61.6 Å². The maximum Gasteiger partial charge on any atom is 0.129 e. The Labute approximate surface area is 129 Å². The third-order valence-electron chi connectivity index (χ3n) is 3.97. The molecular weight excluding hydrogens is 256 g/mol. The smallest absolute Gasteiger partial charge is 0.129 e. The van der Waals surface area contributed by atoms with Gasteiger partial charge in [0, 0.05) is 6.42 Å². The molecule has 0 aliphatic carbocycles. The van der Waals surface area contributed by atoms with Gasteiger partial charge in [0.15, 0.2) is 0 Å². The summed E-state index contributed by atoms with van der Waals surface area (Å²) in [6, 6.07) is 8.29. The summed E-state index contributed by atoms with van der Waals surface area (Å²) in [5.74, 6) is 0.276. The lowest BCUT2D eigenvalue weighted by Gasteiger charge is -2.13. The first-order chi connectivity index (χ1) is 9.97. The minimum atomic E-state index is 0.276. The number of rotatable bonds is 7. The molecule has 1 nitrogen and oxygen atoms in total. The van der Waals surface area contributed by atoms with Gasteiger partial charge in [-0.2, -0.15) is 0 Å². The van der Waals surface area contributed by atoms with E-state index in [0.717, 1.165) is 30.9 Å². The van der Waals surface area contributed by atoms with Gasteiger partial charge in [0.05, 0.1) is 0 Å². The first-order valence-electron chi connectivity index (χ1n) is 7.90. The van der Waals surface area contributed by atoms with Gasteiger partial charge in [-0.15, -0.1) is 0 Å². The van der Waals surface area contributed by atoms with Crippen molar-refractivity contribution in [3.05, 3.63) is 45.8 Å². The van der Waals surface area contributed by atoms with Crippen LogP contribution in [0.4, 0.5) is 0 Å². The second-order valence-electron chi connectivity index (χ2n) is 5.85. The van der Waals surface area contributed by atoms with Crippen LogP contribution in [0.25, 0.3) is 12.2 Å². The van der Waals surface area contributed by atoms with Gasteiger partial charge in [0.25, 0.3) is 0 Å². The van der Waals surface area contributed by atoms with E-state index in [1.807, 2.05) is 6.07 Å². The van der Waals surface area contributed by atoms with Gasteiger partial charge < -0.3 is 4.79 Å². The van der Waals surface area contributed by atoms with Crippen LogP contribution in [0.3, 0.4) is 0 Å². The van der Waals surface area contributed by atoms with Crippen molar-refractivity contribution >= 4 is 17.9 Å². The van der Waals surface area contributed by atoms with Crippen molar-refractivity contribution in [3.63, 3.8) is 0 Å². The van der Waals surface area contributed by atoms with Crippen LogP contribution in [0.5, 0.6) is 0 Å². The molecule has 0 heterocycles. The highest BCUT2D eigenvalue weighted by atomic mass is 16.1. The molecule has 21 heavy (non-hydrogen) atoms. The molecule has 0 saturated carbocycles. The lowest BCUT2D eigenvalue weighted by atomic mass is 9.92. The summed E-state index contributed by atoms with van der Waals surface area (Å²) in [6.07, 6.45) is 4.85. The van der Waals surface area contributed by atoms with E-state index in [1.165, 1.54) is 21.9 Å². The maximum atomic E-state index is 11.2. The van der Waals surface area contributed by atoms with E-state index < -0.39 is 0 Å². The van der Waals surface area contributed by atoms with Crippen LogP contribution >= 0.6 is 0 Å². The molecule has 0 aromatic heterocycles. The molecule has 114 valence electrons. The van der Waals surface area contributed by atoms with Crippen LogP contribution in [-0.2, 0) is 4.79 Å². The fourth-order valence-corrected chi connectivity index (χ4v) is 2.81. The molecule has 0 saturated heterocycles. The lowest BCUT2D eigenvalue weighted by Crippen LogP contribution is -2.25. The predicted molar refractivity (Wildman–Crippen MR) is 92.4 cm³/mol. The lowest BCUT2D eigenvalue weighted by molar-refractivity contribution is -0.117. The van der Waals surface area contributed by atoms with Crippen molar-refractivity contribution in [1.29, 1.82) is 0 Å². The fourth-order valence-electron chi connectivity index (χ4n) is 2.81. The molecule has 0 N–H and O–H groups in total. The third kappa shape index (κ3) is 5.34. The van der Waals surface area contributed by atoms with Crippen molar-refractivity contribution in [2.45, 2.75) is 59.8 Å². The fraction of sp³-hybridized carbons (Fsp3) is 0.450. The standard InChI is InChI=1S/C20H28O/c1-6-10-15(2)20(14-9-12-17(4)21)18(5)19-13-8-7-11-16(19)3/h7-8,11,13H,3,6,9-10,12,14H2,1-2,4-5H3/b19-18-,20-15+. The molecule has 1 rings (SSSR count). The summed E-state index contributed by atoms with van der Waals surface area (Å²) in [4.78, 5) is 11.2. The average molecular weight is 284 g/mol. The summed E-state index contributed by atoms with van der Waals surface area (Å²) in [6.45, 7) is 12.4. The minimum absolute atomic E-state index is 0.276. The molecule has 1 aromatic carbocycles. The zero-order chi connectivity index (χ0) is 15.8. The molecule has 0 atom stereocenters. The number of Topliss-reactive ketones (excluding diaryl/α,β-unsaturated/α-hetero) is 1. The Hall–Kier alpha value is -1.63. The zero-order valence-electron chi connectivity index (χ0n) is 14.0. The molecule has 0 aliphatic heterocycles. The number of ketones is 1. The Morgan fingerprint density at radius 2 is 1.71 bits per heavy atom. The highest BCUT2D eigenvalue weighted by Gasteiger charge is 2.07. The summed E-state index contributed by atoms with van der Waals surface area (Å²) in [5, 5.41) is 2.30. The minimum Gasteiger partial charge on any atom is -0.300 e. The first kappa shape index (κ1) is 17.4. The van der Waals surface area contributed by atoms with Crippen molar-refractivity contribution in [2.24, 2.45) is 0 Å². The van der Waals surface area contributed by atoms with Crippen molar-refractivity contribution < 1.29 is 4.79 Å². The summed E-state index contributed by atoms with van der Waals surface area (Å²) in [7, 11) is 0. The van der Waals surface area contributed by atoms with Crippen LogP contribution in [0, 0.1) is 0 Å². The Morgan fingerprint density at radius 3 is 2.29 bits per heavy atom. The Kier molecular flexibility index (Phi) is 7.14. The molecular formula is C20H28O. The molecule has 0 unspecified atom stereocenters. The average Bonchev–Trinajstić information content (AvgIpc) is 2.43. The van der Waals surface area contributed by atoms with E-state index in [9.17, 15) is 4.79 Å². The number of hydrogen-bond donors (Lipinski definition) is 0. The molecule has 0 amide bonds. The van der Waals surface area contributed by atoms with Gasteiger partial charge in [0.2, 0.25) is 0 Å². The molecule has 0 fully saturated rings. The molecule has 0 radical (unpaired) electrons. The largest absolute Gasteiger partial charge is 0.300 e. The zero-order valence-corrected chi connectivity index (χ0v) is 14.0. The van der Waals surface area contributed by atoms with Crippen molar-refractivity contribution in [3.8, 4) is 0 Å². The van der Waals surface area contributed by atoms with Crippen LogP contribution < -0.4 is 10.4 Å². The van der Waals surface area contributed by atoms with E-state index in [1.54, 1.807) is 6.92 Å². The molecule has 0 aliphatic rings. The number of hydrogen-bond acceptors (Lipinski definition) is 1. The Bertz CT molecular complexity index is 619. The van der Waals surface area contributed by atoms with E-state index in [0.29, 0.717) is 6.42 Å². The first-order valence-corrected chi connectivity index (χ1v) is 7.90. The molecule has 0 bridgehead atoms. The van der Waals surface area contributed by atoms with E-state index >= 15 is 0 Å². The number of benzene rings is 1. The summed E-state index contributed by atoms with van der Waals surface area (Å²) < 4.78 is 0. The quantitative estimate of drug-likeness (QED) is 0.735. The van der Waals surface area contributed by atoms with E-state index in [4.69, 9.17) is 0 Å². The topological polar surface area (TPSA) is 17.1 Å². The number of allylic oxidation sites excluding steroid dienone is 2. The van der Waals surface area contributed by atoms with Gasteiger partial charge in [0.1, 0.15) is 5.78 Å². The highest BCUT2D eigenvalue weighted by molar-refractivity contribution is 5.75. The third-order valence-corrected chi connectivity index (χ3v) is 3.97.